The van der Waals surface area contributed by atoms with E-state index in [1.54, 1.807) is 24.4 Å². The van der Waals surface area contributed by atoms with Crippen LogP contribution >= 0.6 is 23.2 Å². The zero-order valence-corrected chi connectivity index (χ0v) is 13.2. The molecule has 3 aromatic rings. The quantitative estimate of drug-likeness (QED) is 0.666. The first-order chi connectivity index (χ1) is 10.7. The molecule has 0 spiro atoms. The highest BCUT2D eigenvalue weighted by atomic mass is 35.5. The highest BCUT2D eigenvalue weighted by Gasteiger charge is 2.15. The van der Waals surface area contributed by atoms with Crippen LogP contribution in [0.1, 0.15) is 17.2 Å². The molecule has 2 aromatic carbocycles. The number of hydrogen-bond donors (Lipinski definition) is 3. The third kappa shape index (κ3) is 3.10. The number of aromatic amines is 1. The lowest BCUT2D eigenvalue weighted by Gasteiger charge is -2.15. The molecule has 0 amide bonds. The molecule has 4 nitrogen and oxygen atoms in total. The van der Waals surface area contributed by atoms with E-state index >= 15 is 0 Å². The fourth-order valence-corrected chi connectivity index (χ4v) is 3.10. The molecule has 0 saturated carbocycles. The van der Waals surface area contributed by atoms with Gasteiger partial charge in [0.15, 0.2) is 0 Å². The predicted molar refractivity (Wildman–Crippen MR) is 89.2 cm³/mol. The van der Waals surface area contributed by atoms with E-state index in [1.807, 2.05) is 18.2 Å². The van der Waals surface area contributed by atoms with Gasteiger partial charge in [0.1, 0.15) is 0 Å². The number of aliphatic hydroxyl groups is 1. The van der Waals surface area contributed by atoms with Gasteiger partial charge >= 0.3 is 0 Å². The van der Waals surface area contributed by atoms with Crippen molar-refractivity contribution in [3.63, 3.8) is 0 Å². The summed E-state index contributed by atoms with van der Waals surface area (Å²) in [6.45, 7) is 0.965. The Kier molecular flexibility index (Phi) is 4.64. The molecule has 0 fully saturated rings. The second kappa shape index (κ2) is 6.67. The first kappa shape index (κ1) is 15.3. The first-order valence-electron chi connectivity index (χ1n) is 6.90. The number of halogens is 2. The van der Waals surface area contributed by atoms with Gasteiger partial charge in [-0.15, -0.1) is 0 Å². The van der Waals surface area contributed by atoms with Gasteiger partial charge in [-0.1, -0.05) is 47.5 Å². The second-order valence-corrected chi connectivity index (χ2v) is 5.85. The Balaban J connectivity index is 1.67. The highest BCUT2D eigenvalue weighted by molar-refractivity contribution is 6.36. The van der Waals surface area contributed by atoms with Gasteiger partial charge in [0.2, 0.25) is 0 Å². The summed E-state index contributed by atoms with van der Waals surface area (Å²) in [6, 6.07) is 11.2. The minimum Gasteiger partial charge on any atom is -0.387 e. The van der Waals surface area contributed by atoms with Gasteiger partial charge in [0, 0.05) is 34.1 Å². The van der Waals surface area contributed by atoms with E-state index in [4.69, 9.17) is 23.2 Å². The van der Waals surface area contributed by atoms with Crippen LogP contribution in [0.3, 0.4) is 0 Å². The Morgan fingerprint density at radius 1 is 1.14 bits per heavy atom. The number of H-pyrrole nitrogens is 1. The summed E-state index contributed by atoms with van der Waals surface area (Å²) in [5.41, 5.74) is 2.64. The Morgan fingerprint density at radius 3 is 2.64 bits per heavy atom. The molecule has 114 valence electrons. The number of aliphatic hydroxyl groups excluding tert-OH is 1. The average molecular weight is 336 g/mol. The van der Waals surface area contributed by atoms with Crippen molar-refractivity contribution >= 4 is 34.1 Å². The van der Waals surface area contributed by atoms with Crippen LogP contribution in [0.4, 0.5) is 0 Å². The summed E-state index contributed by atoms with van der Waals surface area (Å²) in [7, 11) is 0. The monoisotopic (exact) mass is 335 g/mol. The van der Waals surface area contributed by atoms with Gasteiger partial charge in [0.25, 0.3) is 0 Å². The topological polar surface area (TPSA) is 60.9 Å². The van der Waals surface area contributed by atoms with E-state index in [1.165, 1.54) is 0 Å². The molecule has 3 rings (SSSR count). The van der Waals surface area contributed by atoms with E-state index in [9.17, 15) is 5.11 Å². The predicted octanol–water partition coefficient (Wildman–Crippen LogP) is 3.69. The molecule has 0 aliphatic carbocycles. The summed E-state index contributed by atoms with van der Waals surface area (Å²) in [5.74, 6) is 0. The van der Waals surface area contributed by atoms with Crippen molar-refractivity contribution < 1.29 is 5.11 Å². The Bertz CT molecular complexity index is 768. The Labute approximate surface area is 138 Å². The molecule has 6 heteroatoms. The maximum absolute atomic E-state index is 10.3. The van der Waals surface area contributed by atoms with Crippen molar-refractivity contribution in [2.75, 3.05) is 6.54 Å². The largest absolute Gasteiger partial charge is 0.387 e. The number of para-hydroxylation sites is 1. The van der Waals surface area contributed by atoms with E-state index in [-0.39, 0.29) is 0 Å². The third-order valence-electron chi connectivity index (χ3n) is 3.55. The van der Waals surface area contributed by atoms with Crippen molar-refractivity contribution in [3.05, 3.63) is 63.8 Å². The van der Waals surface area contributed by atoms with Crippen LogP contribution in [0.5, 0.6) is 0 Å². The molecule has 0 aliphatic heterocycles. The average Bonchev–Trinajstić information content (AvgIpc) is 2.96. The summed E-state index contributed by atoms with van der Waals surface area (Å²) in [6.07, 6.45) is 1.03. The fraction of sp³-hybridized carbons (Fsp3) is 0.188. The normalized spacial score (nSPS) is 12.7. The number of rotatable bonds is 5. The van der Waals surface area contributed by atoms with Crippen LogP contribution < -0.4 is 5.32 Å². The van der Waals surface area contributed by atoms with Crippen LogP contribution in [-0.2, 0) is 6.54 Å². The number of aromatic nitrogens is 2. The number of nitrogens with one attached hydrogen (secondary N) is 2. The van der Waals surface area contributed by atoms with E-state index < -0.39 is 6.10 Å². The maximum atomic E-state index is 10.3. The minimum absolute atomic E-state index is 0.355. The molecular weight excluding hydrogens is 321 g/mol. The number of benzene rings is 2. The summed E-state index contributed by atoms with van der Waals surface area (Å²) >= 11 is 12.2. The molecule has 1 unspecified atom stereocenters. The molecule has 0 saturated heterocycles. The van der Waals surface area contributed by atoms with Crippen molar-refractivity contribution in [3.8, 4) is 0 Å². The SMILES string of the molecule is OC(CNCc1cccc2cn[nH]c12)c1c(Cl)cccc1Cl. The van der Waals surface area contributed by atoms with E-state index in [2.05, 4.69) is 15.5 Å². The number of fused-ring (bicyclic) bond motifs is 1. The molecule has 3 N–H and O–H groups in total. The molecule has 22 heavy (non-hydrogen) atoms. The lowest BCUT2D eigenvalue weighted by Crippen LogP contribution is -2.21. The molecule has 1 heterocycles. The van der Waals surface area contributed by atoms with Crippen molar-refractivity contribution in [2.24, 2.45) is 0 Å². The smallest absolute Gasteiger partial charge is 0.0943 e. The summed E-state index contributed by atoms with van der Waals surface area (Å²) in [5, 5.41) is 22.5. The minimum atomic E-state index is -0.762. The third-order valence-corrected chi connectivity index (χ3v) is 4.21. The van der Waals surface area contributed by atoms with Gasteiger partial charge in [-0.25, -0.2) is 0 Å². The maximum Gasteiger partial charge on any atom is 0.0943 e. The first-order valence-corrected chi connectivity index (χ1v) is 7.66. The van der Waals surface area contributed by atoms with Gasteiger partial charge < -0.3 is 10.4 Å². The van der Waals surface area contributed by atoms with E-state index in [0.717, 1.165) is 16.5 Å². The van der Waals surface area contributed by atoms with E-state index in [0.29, 0.717) is 28.7 Å². The molecule has 1 atom stereocenters. The highest BCUT2D eigenvalue weighted by Crippen LogP contribution is 2.29. The van der Waals surface area contributed by atoms with Crippen LogP contribution in [0.15, 0.2) is 42.6 Å². The van der Waals surface area contributed by atoms with Gasteiger partial charge in [-0.3, -0.25) is 5.10 Å². The standard InChI is InChI=1S/C16H15Cl2N3O/c17-12-5-2-6-13(18)15(12)14(22)9-19-7-10-3-1-4-11-8-20-21-16(10)11/h1-6,8,14,19,22H,7,9H2,(H,20,21). The lowest BCUT2D eigenvalue weighted by atomic mass is 10.1. The summed E-state index contributed by atoms with van der Waals surface area (Å²) in [4.78, 5) is 0. The van der Waals surface area contributed by atoms with Crippen LogP contribution in [0.25, 0.3) is 10.9 Å². The van der Waals surface area contributed by atoms with Crippen LogP contribution in [0.2, 0.25) is 10.0 Å². The Hall–Kier alpha value is -1.59. The van der Waals surface area contributed by atoms with Crippen molar-refractivity contribution in [2.45, 2.75) is 12.6 Å². The number of nitrogens with zero attached hydrogens (tertiary/aromatic N) is 1. The zero-order chi connectivity index (χ0) is 15.5. The molecule has 1 aromatic heterocycles. The lowest BCUT2D eigenvalue weighted by molar-refractivity contribution is 0.174. The molecule has 0 aliphatic rings. The number of hydrogen-bond acceptors (Lipinski definition) is 3. The molecule has 0 radical (unpaired) electrons. The fourth-order valence-electron chi connectivity index (χ4n) is 2.45. The van der Waals surface area contributed by atoms with Gasteiger partial charge in [-0.2, -0.15) is 5.10 Å². The second-order valence-electron chi connectivity index (χ2n) is 5.03. The van der Waals surface area contributed by atoms with Gasteiger partial charge in [-0.05, 0) is 17.7 Å². The Morgan fingerprint density at radius 2 is 1.86 bits per heavy atom. The summed E-state index contributed by atoms with van der Waals surface area (Å²) < 4.78 is 0. The van der Waals surface area contributed by atoms with Crippen molar-refractivity contribution in [1.82, 2.24) is 15.5 Å². The van der Waals surface area contributed by atoms with Gasteiger partial charge in [0.05, 0.1) is 17.8 Å². The van der Waals surface area contributed by atoms with Crippen molar-refractivity contribution in [1.29, 1.82) is 0 Å². The van der Waals surface area contributed by atoms with Crippen LogP contribution in [-0.4, -0.2) is 21.8 Å². The van der Waals surface area contributed by atoms with Crippen LogP contribution in [0, 0.1) is 0 Å². The molecule has 0 bridgehead atoms. The zero-order valence-electron chi connectivity index (χ0n) is 11.7. The molecular formula is C16H15Cl2N3O.